The van der Waals surface area contributed by atoms with Crippen LogP contribution in [-0.2, 0) is 10.3 Å². The number of hydrogen-bond donors (Lipinski definition) is 1. The molecule has 19 heavy (non-hydrogen) atoms. The number of ether oxygens (including phenoxy) is 1. The van der Waals surface area contributed by atoms with Crippen molar-refractivity contribution in [3.63, 3.8) is 0 Å². The Morgan fingerprint density at radius 3 is 2.79 bits per heavy atom. The maximum atomic E-state index is 14.1. The van der Waals surface area contributed by atoms with Gasteiger partial charge >= 0.3 is 0 Å². The van der Waals surface area contributed by atoms with E-state index in [1.54, 1.807) is 6.07 Å². The summed E-state index contributed by atoms with van der Waals surface area (Å²) in [5.41, 5.74) is 6.53. The molecule has 4 heteroatoms. The second kappa shape index (κ2) is 4.83. The van der Waals surface area contributed by atoms with Crippen molar-refractivity contribution in [2.24, 2.45) is 11.7 Å². The summed E-state index contributed by atoms with van der Waals surface area (Å²) in [6, 6.07) is 5.00. The molecule has 1 unspecified atom stereocenters. The van der Waals surface area contributed by atoms with Gasteiger partial charge in [-0.15, -0.1) is 0 Å². The van der Waals surface area contributed by atoms with Crippen molar-refractivity contribution in [2.75, 3.05) is 0 Å². The van der Waals surface area contributed by atoms with Gasteiger partial charge in [0.05, 0.1) is 12.2 Å². The number of nitrogens with two attached hydrogens (primary N) is 1. The van der Waals surface area contributed by atoms with Crippen LogP contribution in [0.25, 0.3) is 0 Å². The van der Waals surface area contributed by atoms with Gasteiger partial charge in [0.2, 0.25) is 0 Å². The van der Waals surface area contributed by atoms with E-state index in [9.17, 15) is 4.39 Å². The molecule has 2 aliphatic carbocycles. The van der Waals surface area contributed by atoms with Crippen molar-refractivity contribution in [3.05, 3.63) is 34.1 Å². The van der Waals surface area contributed by atoms with Gasteiger partial charge in [0.1, 0.15) is 5.82 Å². The van der Waals surface area contributed by atoms with Crippen molar-refractivity contribution in [1.82, 2.24) is 0 Å². The van der Waals surface area contributed by atoms with E-state index in [4.69, 9.17) is 10.5 Å². The quantitative estimate of drug-likeness (QED) is 0.918. The second-order valence-electron chi connectivity index (χ2n) is 5.96. The molecule has 2 saturated carbocycles. The van der Waals surface area contributed by atoms with Crippen molar-refractivity contribution in [1.29, 1.82) is 0 Å². The molecule has 1 aromatic carbocycles. The first-order valence-electron chi connectivity index (χ1n) is 6.89. The third kappa shape index (κ3) is 2.58. The summed E-state index contributed by atoms with van der Waals surface area (Å²) in [6.07, 6.45) is 4.54. The van der Waals surface area contributed by atoms with Crippen LogP contribution in [0.4, 0.5) is 4.39 Å². The minimum absolute atomic E-state index is 0.172. The zero-order chi connectivity index (χ0) is 13.6. The SMILES string of the molecule is C[C@@H]1CC(OC2CC2)C[C@@]1(N)c1cc(Br)ccc1F. The highest BCUT2D eigenvalue weighted by Crippen LogP contribution is 2.45. The molecule has 0 aromatic heterocycles. The molecule has 1 aromatic rings. The Labute approximate surface area is 121 Å². The van der Waals surface area contributed by atoms with Crippen molar-refractivity contribution < 1.29 is 9.13 Å². The van der Waals surface area contributed by atoms with Gasteiger partial charge in [-0.05, 0) is 49.8 Å². The van der Waals surface area contributed by atoms with Gasteiger partial charge in [-0.25, -0.2) is 4.39 Å². The molecule has 0 spiro atoms. The van der Waals surface area contributed by atoms with E-state index in [1.807, 2.05) is 6.07 Å². The smallest absolute Gasteiger partial charge is 0.128 e. The first-order valence-corrected chi connectivity index (χ1v) is 7.68. The standard InChI is InChI=1S/C15H19BrFNO/c1-9-6-12(19-11-3-4-11)8-15(9,18)13-7-10(16)2-5-14(13)17/h2,5,7,9,11-12H,3-4,6,8,18H2,1H3/t9-,12?,15+/m1/s1. The lowest BCUT2D eigenvalue weighted by Gasteiger charge is -2.30. The van der Waals surface area contributed by atoms with E-state index in [1.165, 1.54) is 6.07 Å². The minimum atomic E-state index is -0.618. The highest BCUT2D eigenvalue weighted by molar-refractivity contribution is 9.10. The summed E-state index contributed by atoms with van der Waals surface area (Å²) < 4.78 is 20.9. The van der Waals surface area contributed by atoms with Crippen LogP contribution < -0.4 is 5.73 Å². The average molecular weight is 328 g/mol. The van der Waals surface area contributed by atoms with Gasteiger partial charge in [0.15, 0.2) is 0 Å². The Morgan fingerprint density at radius 2 is 2.11 bits per heavy atom. The number of hydrogen-bond acceptors (Lipinski definition) is 2. The molecule has 0 aliphatic heterocycles. The Kier molecular flexibility index (Phi) is 3.44. The van der Waals surface area contributed by atoms with Crippen LogP contribution in [0.1, 0.15) is 38.2 Å². The van der Waals surface area contributed by atoms with Gasteiger partial charge in [0.25, 0.3) is 0 Å². The number of benzene rings is 1. The van der Waals surface area contributed by atoms with Crippen LogP contribution in [0.5, 0.6) is 0 Å². The lowest BCUT2D eigenvalue weighted by molar-refractivity contribution is 0.0400. The fourth-order valence-electron chi connectivity index (χ4n) is 3.08. The molecule has 0 amide bonds. The van der Waals surface area contributed by atoms with E-state index >= 15 is 0 Å². The van der Waals surface area contributed by atoms with Gasteiger partial charge in [-0.3, -0.25) is 0 Å². The molecule has 2 nitrogen and oxygen atoms in total. The Bertz CT molecular complexity index is 491. The maximum absolute atomic E-state index is 14.1. The molecule has 2 fully saturated rings. The third-order valence-corrected chi connectivity index (χ3v) is 4.89. The van der Waals surface area contributed by atoms with Gasteiger partial charge < -0.3 is 10.5 Å². The Balaban J connectivity index is 1.86. The number of halogens is 2. The zero-order valence-corrected chi connectivity index (χ0v) is 12.6. The van der Waals surface area contributed by atoms with Gasteiger partial charge in [0, 0.05) is 15.6 Å². The molecule has 0 radical (unpaired) electrons. The monoisotopic (exact) mass is 327 g/mol. The highest BCUT2D eigenvalue weighted by atomic mass is 79.9. The average Bonchev–Trinajstić information content (AvgIpc) is 3.10. The fraction of sp³-hybridized carbons (Fsp3) is 0.600. The van der Waals surface area contributed by atoms with Crippen LogP contribution >= 0.6 is 15.9 Å². The second-order valence-corrected chi connectivity index (χ2v) is 6.88. The zero-order valence-electron chi connectivity index (χ0n) is 11.0. The molecule has 2 aliphatic rings. The first kappa shape index (κ1) is 13.5. The van der Waals surface area contributed by atoms with E-state index in [-0.39, 0.29) is 17.8 Å². The summed E-state index contributed by atoms with van der Waals surface area (Å²) in [6.45, 7) is 2.09. The van der Waals surface area contributed by atoms with Crippen LogP contribution in [0.3, 0.4) is 0 Å². The van der Waals surface area contributed by atoms with Crippen LogP contribution in [0.15, 0.2) is 22.7 Å². The van der Waals surface area contributed by atoms with Gasteiger partial charge in [-0.2, -0.15) is 0 Å². The normalized spacial score (nSPS) is 34.7. The summed E-state index contributed by atoms with van der Waals surface area (Å²) >= 11 is 3.40. The van der Waals surface area contributed by atoms with Crippen LogP contribution in [-0.4, -0.2) is 12.2 Å². The molecular formula is C15H19BrFNO. The van der Waals surface area contributed by atoms with Crippen LogP contribution in [0.2, 0.25) is 0 Å². The molecule has 3 rings (SSSR count). The predicted octanol–water partition coefficient (Wildman–Crippen LogP) is 3.72. The Morgan fingerprint density at radius 1 is 1.37 bits per heavy atom. The lowest BCUT2D eigenvalue weighted by atomic mass is 9.82. The van der Waals surface area contributed by atoms with E-state index in [2.05, 4.69) is 22.9 Å². The van der Waals surface area contributed by atoms with Crippen molar-refractivity contribution in [2.45, 2.75) is 50.4 Å². The molecule has 0 bridgehead atoms. The third-order valence-electron chi connectivity index (χ3n) is 4.40. The summed E-state index contributed by atoms with van der Waals surface area (Å²) in [5.74, 6) is 0.00433. The summed E-state index contributed by atoms with van der Waals surface area (Å²) in [5, 5.41) is 0. The topological polar surface area (TPSA) is 35.2 Å². The van der Waals surface area contributed by atoms with E-state index < -0.39 is 5.54 Å². The lowest BCUT2D eigenvalue weighted by Crippen LogP contribution is -2.40. The molecule has 0 heterocycles. The Hall–Kier alpha value is -0.450. The fourth-order valence-corrected chi connectivity index (χ4v) is 3.44. The highest BCUT2D eigenvalue weighted by Gasteiger charge is 2.46. The number of rotatable bonds is 3. The molecule has 3 atom stereocenters. The summed E-state index contributed by atoms with van der Waals surface area (Å²) in [7, 11) is 0. The minimum Gasteiger partial charge on any atom is -0.375 e. The van der Waals surface area contributed by atoms with Gasteiger partial charge in [-0.1, -0.05) is 22.9 Å². The van der Waals surface area contributed by atoms with E-state index in [0.29, 0.717) is 18.1 Å². The van der Waals surface area contributed by atoms with Crippen molar-refractivity contribution >= 4 is 15.9 Å². The maximum Gasteiger partial charge on any atom is 0.128 e. The molecule has 2 N–H and O–H groups in total. The predicted molar refractivity (Wildman–Crippen MR) is 76.3 cm³/mol. The largest absolute Gasteiger partial charge is 0.375 e. The van der Waals surface area contributed by atoms with Crippen LogP contribution in [0, 0.1) is 11.7 Å². The molecular weight excluding hydrogens is 309 g/mol. The van der Waals surface area contributed by atoms with Crippen molar-refractivity contribution in [3.8, 4) is 0 Å². The first-order chi connectivity index (χ1) is 8.99. The summed E-state index contributed by atoms with van der Waals surface area (Å²) in [4.78, 5) is 0. The van der Waals surface area contributed by atoms with E-state index in [0.717, 1.165) is 23.7 Å². The molecule has 0 saturated heterocycles. The molecule has 104 valence electrons.